The van der Waals surface area contributed by atoms with Crippen molar-refractivity contribution in [3.63, 3.8) is 0 Å². The van der Waals surface area contributed by atoms with Gasteiger partial charge in [0.05, 0.1) is 17.8 Å². The van der Waals surface area contributed by atoms with E-state index in [0.717, 1.165) is 36.0 Å². The molecule has 0 aliphatic rings. The molecule has 2 aromatic rings. The van der Waals surface area contributed by atoms with E-state index in [1.807, 2.05) is 12.1 Å². The van der Waals surface area contributed by atoms with Crippen molar-refractivity contribution in [1.82, 2.24) is 10.3 Å². The van der Waals surface area contributed by atoms with Crippen LogP contribution in [0.1, 0.15) is 23.2 Å². The molecule has 1 aromatic carbocycles. The summed E-state index contributed by atoms with van der Waals surface area (Å²) >= 11 is 1.72. The normalized spacial score (nSPS) is 10.6. The Balaban J connectivity index is 1.97. The van der Waals surface area contributed by atoms with Crippen molar-refractivity contribution in [1.29, 1.82) is 0 Å². The zero-order valence-electron chi connectivity index (χ0n) is 10.8. The number of ether oxygens (including phenoxy) is 1. The average molecular weight is 262 g/mol. The number of benzene rings is 1. The van der Waals surface area contributed by atoms with E-state index in [1.165, 1.54) is 5.56 Å². The van der Waals surface area contributed by atoms with Crippen molar-refractivity contribution < 1.29 is 4.74 Å². The van der Waals surface area contributed by atoms with Crippen molar-refractivity contribution in [3.8, 4) is 5.75 Å². The Morgan fingerprint density at radius 3 is 2.72 bits per heavy atom. The Bertz CT molecular complexity index is 479. The molecule has 0 aliphatic carbocycles. The fraction of sp³-hybridized carbons (Fsp3) is 0.357. The maximum Gasteiger partial charge on any atom is 0.118 e. The maximum atomic E-state index is 5.15. The van der Waals surface area contributed by atoms with Crippen LogP contribution in [0.3, 0.4) is 0 Å². The van der Waals surface area contributed by atoms with Crippen LogP contribution in [0.15, 0.2) is 29.6 Å². The van der Waals surface area contributed by atoms with Gasteiger partial charge in [0.25, 0.3) is 0 Å². The first kappa shape index (κ1) is 13.1. The Morgan fingerprint density at radius 2 is 2.06 bits per heavy atom. The number of methoxy groups -OCH3 is 1. The van der Waals surface area contributed by atoms with Crippen LogP contribution >= 0.6 is 11.3 Å². The maximum absolute atomic E-state index is 5.15. The molecule has 1 N–H and O–H groups in total. The molecule has 0 radical (unpaired) electrons. The van der Waals surface area contributed by atoms with Crippen LogP contribution in [0.5, 0.6) is 5.75 Å². The van der Waals surface area contributed by atoms with Crippen LogP contribution in [0.4, 0.5) is 0 Å². The summed E-state index contributed by atoms with van der Waals surface area (Å²) < 4.78 is 5.15. The van der Waals surface area contributed by atoms with Gasteiger partial charge in [0.2, 0.25) is 0 Å². The molecule has 0 saturated heterocycles. The van der Waals surface area contributed by atoms with Gasteiger partial charge in [0, 0.05) is 18.3 Å². The zero-order chi connectivity index (χ0) is 12.8. The molecule has 0 bridgehead atoms. The Kier molecular flexibility index (Phi) is 4.73. The first-order valence-electron chi connectivity index (χ1n) is 6.08. The molecule has 0 aliphatic heterocycles. The fourth-order valence-electron chi connectivity index (χ4n) is 1.68. The van der Waals surface area contributed by atoms with Crippen LogP contribution in [0, 0.1) is 0 Å². The molecule has 0 atom stereocenters. The van der Waals surface area contributed by atoms with E-state index in [4.69, 9.17) is 4.74 Å². The van der Waals surface area contributed by atoms with E-state index in [1.54, 1.807) is 18.4 Å². The molecule has 18 heavy (non-hydrogen) atoms. The summed E-state index contributed by atoms with van der Waals surface area (Å²) in [5.74, 6) is 0.894. The van der Waals surface area contributed by atoms with Gasteiger partial charge in [-0.1, -0.05) is 19.1 Å². The minimum atomic E-state index is 0.857. The number of rotatable bonds is 6. The van der Waals surface area contributed by atoms with Gasteiger partial charge in [-0.15, -0.1) is 11.3 Å². The number of hydrogen-bond donors (Lipinski definition) is 1. The van der Waals surface area contributed by atoms with Crippen molar-refractivity contribution in [2.45, 2.75) is 19.9 Å². The molecule has 0 spiro atoms. The van der Waals surface area contributed by atoms with E-state index in [-0.39, 0.29) is 0 Å². The van der Waals surface area contributed by atoms with E-state index >= 15 is 0 Å². The standard InChI is InChI=1S/C14H18N2OS/c1-3-15-9-12-10-18-14(16-12)8-11-4-6-13(17-2)7-5-11/h4-7,10,15H,3,8-9H2,1-2H3. The average Bonchev–Trinajstić information content (AvgIpc) is 2.85. The second-order valence-corrected chi connectivity index (χ2v) is 4.98. The third kappa shape index (κ3) is 3.55. The van der Waals surface area contributed by atoms with Gasteiger partial charge in [-0.05, 0) is 24.2 Å². The number of aromatic nitrogens is 1. The topological polar surface area (TPSA) is 34.1 Å². The largest absolute Gasteiger partial charge is 0.497 e. The first-order valence-corrected chi connectivity index (χ1v) is 6.96. The van der Waals surface area contributed by atoms with E-state index in [2.05, 4.69) is 34.7 Å². The minimum absolute atomic E-state index is 0.857. The molecule has 4 heteroatoms. The highest BCUT2D eigenvalue weighted by atomic mass is 32.1. The van der Waals surface area contributed by atoms with Gasteiger partial charge < -0.3 is 10.1 Å². The van der Waals surface area contributed by atoms with Crippen LogP contribution in [0.2, 0.25) is 0 Å². The van der Waals surface area contributed by atoms with Gasteiger partial charge >= 0.3 is 0 Å². The molecule has 1 heterocycles. The highest BCUT2D eigenvalue weighted by Gasteiger charge is 2.03. The molecule has 96 valence electrons. The quantitative estimate of drug-likeness (QED) is 0.869. The molecule has 0 fully saturated rings. The number of thiazole rings is 1. The lowest BCUT2D eigenvalue weighted by atomic mass is 10.1. The SMILES string of the molecule is CCNCc1csc(Cc2ccc(OC)cc2)n1. The second kappa shape index (κ2) is 6.52. The molecule has 0 amide bonds. The van der Waals surface area contributed by atoms with Gasteiger partial charge in [-0.25, -0.2) is 4.98 Å². The number of nitrogens with zero attached hydrogens (tertiary/aromatic N) is 1. The summed E-state index contributed by atoms with van der Waals surface area (Å²) in [6, 6.07) is 8.15. The first-order chi connectivity index (χ1) is 8.81. The molecular formula is C14H18N2OS. The molecule has 0 saturated carbocycles. The lowest BCUT2D eigenvalue weighted by molar-refractivity contribution is 0.414. The van der Waals surface area contributed by atoms with E-state index in [0.29, 0.717) is 0 Å². The Morgan fingerprint density at radius 1 is 1.28 bits per heavy atom. The minimum Gasteiger partial charge on any atom is -0.497 e. The zero-order valence-corrected chi connectivity index (χ0v) is 11.6. The third-order valence-electron chi connectivity index (χ3n) is 2.67. The van der Waals surface area contributed by atoms with Crippen molar-refractivity contribution in [2.75, 3.05) is 13.7 Å². The molecular weight excluding hydrogens is 244 g/mol. The lowest BCUT2D eigenvalue weighted by Gasteiger charge is -2.01. The van der Waals surface area contributed by atoms with Crippen LogP contribution < -0.4 is 10.1 Å². The van der Waals surface area contributed by atoms with Crippen molar-refractivity contribution in [3.05, 3.63) is 45.9 Å². The smallest absolute Gasteiger partial charge is 0.118 e. The van der Waals surface area contributed by atoms with Crippen molar-refractivity contribution in [2.24, 2.45) is 0 Å². The monoisotopic (exact) mass is 262 g/mol. The highest BCUT2D eigenvalue weighted by Crippen LogP contribution is 2.17. The summed E-state index contributed by atoms with van der Waals surface area (Å²) in [5.41, 5.74) is 2.39. The summed E-state index contributed by atoms with van der Waals surface area (Å²) in [5, 5.41) is 6.57. The van der Waals surface area contributed by atoms with Crippen LogP contribution in [-0.4, -0.2) is 18.6 Å². The highest BCUT2D eigenvalue weighted by molar-refractivity contribution is 7.09. The third-order valence-corrected chi connectivity index (χ3v) is 3.57. The van der Waals surface area contributed by atoms with Gasteiger partial charge in [-0.2, -0.15) is 0 Å². The molecule has 0 unspecified atom stereocenters. The summed E-state index contributed by atoms with van der Waals surface area (Å²) in [6.45, 7) is 3.94. The van der Waals surface area contributed by atoms with Gasteiger partial charge in [0.15, 0.2) is 0 Å². The Labute approximate surface area is 112 Å². The van der Waals surface area contributed by atoms with Gasteiger partial charge in [-0.3, -0.25) is 0 Å². The summed E-state index contributed by atoms with van der Waals surface area (Å²) in [6.07, 6.45) is 0.890. The second-order valence-electron chi connectivity index (χ2n) is 4.04. The Hall–Kier alpha value is -1.39. The molecule has 3 nitrogen and oxygen atoms in total. The summed E-state index contributed by atoms with van der Waals surface area (Å²) in [7, 11) is 1.68. The van der Waals surface area contributed by atoms with Crippen molar-refractivity contribution >= 4 is 11.3 Å². The van der Waals surface area contributed by atoms with Gasteiger partial charge in [0.1, 0.15) is 5.75 Å². The van der Waals surface area contributed by atoms with E-state index in [9.17, 15) is 0 Å². The fourth-order valence-corrected chi connectivity index (χ4v) is 2.51. The van der Waals surface area contributed by atoms with E-state index < -0.39 is 0 Å². The van der Waals surface area contributed by atoms with Crippen LogP contribution in [-0.2, 0) is 13.0 Å². The number of nitrogens with one attached hydrogen (secondary N) is 1. The molecule has 2 rings (SSSR count). The predicted molar refractivity (Wildman–Crippen MR) is 75.3 cm³/mol. The predicted octanol–water partition coefficient (Wildman–Crippen LogP) is 2.85. The summed E-state index contributed by atoms with van der Waals surface area (Å²) in [4.78, 5) is 4.61. The lowest BCUT2D eigenvalue weighted by Crippen LogP contribution is -2.11. The van der Waals surface area contributed by atoms with Crippen LogP contribution in [0.25, 0.3) is 0 Å². The number of hydrogen-bond acceptors (Lipinski definition) is 4. The molecule has 1 aromatic heterocycles.